The van der Waals surface area contributed by atoms with Gasteiger partial charge in [-0.05, 0) is 36.6 Å². The fourth-order valence-electron chi connectivity index (χ4n) is 2.49. The van der Waals surface area contributed by atoms with Crippen LogP contribution in [0.5, 0.6) is 5.75 Å². The molecule has 0 aliphatic heterocycles. The highest BCUT2D eigenvalue weighted by atomic mass is 16.5. The number of carbonyl (C=O) groups is 1. The Hall–Kier alpha value is -2.29. The van der Waals surface area contributed by atoms with Gasteiger partial charge >= 0.3 is 5.97 Å². The van der Waals surface area contributed by atoms with Crippen molar-refractivity contribution in [2.75, 3.05) is 13.7 Å². The van der Waals surface area contributed by atoms with Crippen LogP contribution in [0.1, 0.15) is 29.8 Å². The average molecular weight is 284 g/mol. The minimum absolute atomic E-state index is 0.303. The lowest BCUT2D eigenvalue weighted by Gasteiger charge is -2.15. The quantitative estimate of drug-likeness (QED) is 0.775. The summed E-state index contributed by atoms with van der Waals surface area (Å²) in [6, 6.07) is 13.6. The molecule has 2 aromatic carbocycles. The summed E-state index contributed by atoms with van der Waals surface area (Å²) in [4.78, 5) is 11.9. The number of hydrogen-bond donors (Lipinski definition) is 0. The first-order valence-electron chi connectivity index (χ1n) is 7.15. The third-order valence-corrected chi connectivity index (χ3v) is 3.41. The number of methoxy groups -OCH3 is 1. The van der Waals surface area contributed by atoms with Crippen molar-refractivity contribution in [3.63, 3.8) is 0 Å². The molecule has 2 rings (SSSR count). The van der Waals surface area contributed by atoms with Gasteiger partial charge in [0.05, 0.1) is 19.3 Å². The van der Waals surface area contributed by atoms with Gasteiger partial charge in [0.25, 0.3) is 0 Å². The first kappa shape index (κ1) is 15.1. The van der Waals surface area contributed by atoms with E-state index in [1.165, 1.54) is 7.11 Å². The monoisotopic (exact) mass is 284 g/mol. The van der Waals surface area contributed by atoms with Crippen LogP contribution in [0.2, 0.25) is 0 Å². The second-order valence-corrected chi connectivity index (χ2v) is 4.61. The summed E-state index contributed by atoms with van der Waals surface area (Å²) in [5, 5.41) is 0. The van der Waals surface area contributed by atoms with E-state index in [0.29, 0.717) is 12.2 Å². The van der Waals surface area contributed by atoms with E-state index in [9.17, 15) is 4.79 Å². The van der Waals surface area contributed by atoms with Gasteiger partial charge in [-0.15, -0.1) is 0 Å². The average Bonchev–Trinajstić information content (AvgIpc) is 2.54. The Labute approximate surface area is 125 Å². The van der Waals surface area contributed by atoms with E-state index in [1.807, 2.05) is 50.2 Å². The summed E-state index contributed by atoms with van der Waals surface area (Å²) in [6.07, 6.45) is 0.751. The summed E-state index contributed by atoms with van der Waals surface area (Å²) >= 11 is 0. The zero-order valence-corrected chi connectivity index (χ0v) is 12.7. The molecule has 3 nitrogen and oxygen atoms in total. The lowest BCUT2D eigenvalue weighted by molar-refractivity contribution is 0.0599. The topological polar surface area (TPSA) is 35.5 Å². The van der Waals surface area contributed by atoms with E-state index in [0.717, 1.165) is 28.9 Å². The van der Waals surface area contributed by atoms with Gasteiger partial charge < -0.3 is 9.47 Å². The summed E-state index contributed by atoms with van der Waals surface area (Å²) in [5.74, 6) is 0.527. The van der Waals surface area contributed by atoms with Crippen molar-refractivity contribution >= 4 is 5.97 Å². The highest BCUT2D eigenvalue weighted by Gasteiger charge is 2.16. The molecule has 0 fully saturated rings. The minimum atomic E-state index is -0.303. The molecule has 0 atom stereocenters. The van der Waals surface area contributed by atoms with Crippen molar-refractivity contribution in [2.45, 2.75) is 20.3 Å². The molecule has 0 unspecified atom stereocenters. The molecule has 0 amide bonds. The van der Waals surface area contributed by atoms with E-state index < -0.39 is 0 Å². The van der Waals surface area contributed by atoms with Gasteiger partial charge in [0.1, 0.15) is 5.75 Å². The zero-order valence-electron chi connectivity index (χ0n) is 12.7. The molecule has 0 aliphatic rings. The van der Waals surface area contributed by atoms with Crippen molar-refractivity contribution in [3.8, 4) is 16.9 Å². The lowest BCUT2D eigenvalue weighted by atomic mass is 9.93. The third kappa shape index (κ3) is 3.07. The summed E-state index contributed by atoms with van der Waals surface area (Å²) < 4.78 is 10.6. The number of para-hydroxylation sites is 1. The Morgan fingerprint density at radius 3 is 2.38 bits per heavy atom. The Morgan fingerprint density at radius 2 is 1.71 bits per heavy atom. The Kier molecular flexibility index (Phi) is 4.99. The first-order chi connectivity index (χ1) is 10.2. The molecule has 0 radical (unpaired) electrons. The Morgan fingerprint density at radius 1 is 1.00 bits per heavy atom. The van der Waals surface area contributed by atoms with Crippen molar-refractivity contribution in [2.24, 2.45) is 0 Å². The largest absolute Gasteiger partial charge is 0.493 e. The van der Waals surface area contributed by atoms with E-state index >= 15 is 0 Å². The van der Waals surface area contributed by atoms with Gasteiger partial charge in [0.15, 0.2) is 0 Å². The minimum Gasteiger partial charge on any atom is -0.493 e. The lowest BCUT2D eigenvalue weighted by Crippen LogP contribution is -2.07. The van der Waals surface area contributed by atoms with Crippen LogP contribution in [-0.4, -0.2) is 19.7 Å². The molecule has 21 heavy (non-hydrogen) atoms. The fourth-order valence-corrected chi connectivity index (χ4v) is 2.49. The number of hydrogen-bond acceptors (Lipinski definition) is 3. The highest BCUT2D eigenvalue weighted by molar-refractivity contribution is 5.94. The summed E-state index contributed by atoms with van der Waals surface area (Å²) in [7, 11) is 1.41. The fraction of sp³-hybridized carbons (Fsp3) is 0.278. The predicted molar refractivity (Wildman–Crippen MR) is 83.8 cm³/mol. The molecule has 0 heterocycles. The summed E-state index contributed by atoms with van der Waals surface area (Å²) in [5.41, 5.74) is 3.62. The van der Waals surface area contributed by atoms with Crippen LogP contribution < -0.4 is 4.74 Å². The maximum Gasteiger partial charge on any atom is 0.338 e. The summed E-state index contributed by atoms with van der Waals surface area (Å²) in [6.45, 7) is 4.60. The molecule has 2 aromatic rings. The van der Waals surface area contributed by atoms with Crippen LogP contribution in [-0.2, 0) is 11.2 Å². The number of benzene rings is 2. The first-order valence-corrected chi connectivity index (χ1v) is 7.15. The van der Waals surface area contributed by atoms with Crippen LogP contribution in [0.15, 0.2) is 42.5 Å². The molecule has 0 bridgehead atoms. The van der Waals surface area contributed by atoms with Crippen molar-refractivity contribution in [1.29, 1.82) is 0 Å². The van der Waals surface area contributed by atoms with Gasteiger partial charge in [-0.1, -0.05) is 37.3 Å². The molecule has 0 saturated heterocycles. The number of esters is 1. The van der Waals surface area contributed by atoms with Crippen LogP contribution in [0.4, 0.5) is 0 Å². The molecule has 3 heteroatoms. The van der Waals surface area contributed by atoms with E-state index in [1.54, 1.807) is 6.07 Å². The van der Waals surface area contributed by atoms with Crippen LogP contribution >= 0.6 is 0 Å². The smallest absolute Gasteiger partial charge is 0.338 e. The molecule has 0 aliphatic carbocycles. The van der Waals surface area contributed by atoms with Gasteiger partial charge in [-0.3, -0.25) is 0 Å². The zero-order chi connectivity index (χ0) is 15.2. The standard InChI is InChI=1S/C18H20O3/c1-4-13-14(10-8-11-16(13)18(19)20-3)15-9-6-7-12-17(15)21-5-2/h6-12H,4-5H2,1-3H3. The normalized spacial score (nSPS) is 10.2. The van der Waals surface area contributed by atoms with Gasteiger partial charge in [0.2, 0.25) is 0 Å². The molecule has 0 saturated carbocycles. The van der Waals surface area contributed by atoms with Crippen LogP contribution in [0.25, 0.3) is 11.1 Å². The van der Waals surface area contributed by atoms with Crippen LogP contribution in [0.3, 0.4) is 0 Å². The maximum absolute atomic E-state index is 11.9. The highest BCUT2D eigenvalue weighted by Crippen LogP contribution is 2.34. The molecule has 110 valence electrons. The molecular weight excluding hydrogens is 264 g/mol. The van der Waals surface area contributed by atoms with Gasteiger partial charge in [-0.25, -0.2) is 4.79 Å². The second kappa shape index (κ2) is 6.93. The predicted octanol–water partition coefficient (Wildman–Crippen LogP) is 4.10. The van der Waals surface area contributed by atoms with Crippen LogP contribution in [0, 0.1) is 0 Å². The van der Waals surface area contributed by atoms with E-state index in [2.05, 4.69) is 0 Å². The van der Waals surface area contributed by atoms with Gasteiger partial charge in [-0.2, -0.15) is 0 Å². The maximum atomic E-state index is 11.9. The third-order valence-electron chi connectivity index (χ3n) is 3.41. The Balaban J connectivity index is 2.62. The molecule has 0 N–H and O–H groups in total. The number of rotatable bonds is 5. The van der Waals surface area contributed by atoms with E-state index in [4.69, 9.17) is 9.47 Å². The molecule has 0 spiro atoms. The Bertz CT molecular complexity index is 632. The van der Waals surface area contributed by atoms with E-state index in [-0.39, 0.29) is 5.97 Å². The molecule has 0 aromatic heterocycles. The molecular formula is C18H20O3. The second-order valence-electron chi connectivity index (χ2n) is 4.61. The van der Waals surface area contributed by atoms with Crippen molar-refractivity contribution in [1.82, 2.24) is 0 Å². The number of carbonyl (C=O) groups excluding carboxylic acids is 1. The SMILES string of the molecule is CCOc1ccccc1-c1cccc(C(=O)OC)c1CC. The number of ether oxygens (including phenoxy) is 2. The van der Waals surface area contributed by atoms with Crippen molar-refractivity contribution < 1.29 is 14.3 Å². The van der Waals surface area contributed by atoms with Gasteiger partial charge in [0, 0.05) is 5.56 Å². The van der Waals surface area contributed by atoms with Crippen molar-refractivity contribution in [3.05, 3.63) is 53.6 Å².